The van der Waals surface area contributed by atoms with Gasteiger partial charge in [0.25, 0.3) is 26.1 Å². The number of nitrogens with zero attached hydrogens (tertiary/aromatic N) is 5. The van der Waals surface area contributed by atoms with Crippen LogP contribution in [0.15, 0.2) is 87.4 Å². The van der Waals surface area contributed by atoms with Gasteiger partial charge in [-0.05, 0) is 131 Å². The molecule has 19 heteroatoms. The highest BCUT2D eigenvalue weighted by Gasteiger charge is 2.46. The average molecular weight is 1000 g/mol. The molecule has 376 valence electrons. The highest BCUT2D eigenvalue weighted by molar-refractivity contribution is 7.86. The van der Waals surface area contributed by atoms with Gasteiger partial charge in [-0.2, -0.15) is 21.4 Å². The van der Waals surface area contributed by atoms with Gasteiger partial charge in [0.2, 0.25) is 11.6 Å². The quantitative estimate of drug-likeness (QED) is 0.0136. The van der Waals surface area contributed by atoms with Crippen molar-refractivity contribution in [3.05, 3.63) is 116 Å². The van der Waals surface area contributed by atoms with Crippen molar-refractivity contribution in [3.63, 3.8) is 0 Å². The van der Waals surface area contributed by atoms with Crippen molar-refractivity contribution in [1.29, 1.82) is 0 Å². The maximum atomic E-state index is 13.7. The number of allylic oxidation sites excluding steroid dienone is 6. The number of phenolic OH excluding ortho intramolecular Hbond substituents is 1. The summed E-state index contributed by atoms with van der Waals surface area (Å²) in [5.74, 6) is 0.574. The Hall–Kier alpha value is -5.98. The van der Waals surface area contributed by atoms with Crippen molar-refractivity contribution >= 4 is 49.1 Å². The fourth-order valence-electron chi connectivity index (χ4n) is 9.75. The Labute approximate surface area is 411 Å². The molecule has 0 saturated carbocycles. The number of carbonyl (C=O) groups is 2. The van der Waals surface area contributed by atoms with Crippen LogP contribution in [0.3, 0.4) is 0 Å². The third kappa shape index (κ3) is 11.3. The molecule has 0 radical (unpaired) electrons. The van der Waals surface area contributed by atoms with Crippen LogP contribution >= 0.6 is 0 Å². The predicted molar refractivity (Wildman–Crippen MR) is 269 cm³/mol. The SMILES string of the molecule is Cc1c(C)c2c(c(C)c1O)CCC(C)(C(=O)NCCC[N+]1=C(/C=C/C=C/C=C3/N(CCCCCC(=O)NCCCN=[N+]=[N-])c4ccc(S(=O)(=O)O)cc4C3(C)C)C(C)(C)c3cc(S(=O)(=O)O)ccc31)O2. The molecule has 1 atom stereocenters. The van der Waals surface area contributed by atoms with E-state index in [2.05, 4.69) is 30.1 Å². The summed E-state index contributed by atoms with van der Waals surface area (Å²) in [7, 11) is -8.95. The summed E-state index contributed by atoms with van der Waals surface area (Å²) in [6.07, 6.45) is 14.2. The number of nitrogens with one attached hydrogen (secondary N) is 2. The van der Waals surface area contributed by atoms with Crippen LogP contribution in [0.2, 0.25) is 0 Å². The Balaban J connectivity index is 1.20. The van der Waals surface area contributed by atoms with E-state index in [0.717, 1.165) is 63.4 Å². The molecule has 3 heterocycles. The number of azide groups is 1. The minimum atomic E-state index is -4.49. The molecule has 17 nitrogen and oxygen atoms in total. The number of ether oxygens (including phenoxy) is 1. The van der Waals surface area contributed by atoms with Gasteiger partial charge in [0.15, 0.2) is 17.9 Å². The number of amides is 2. The fourth-order valence-corrected chi connectivity index (χ4v) is 10.8. The number of anilines is 1. The molecule has 0 spiro atoms. The van der Waals surface area contributed by atoms with E-state index in [-0.39, 0.29) is 27.4 Å². The Morgan fingerprint density at radius 3 is 2.20 bits per heavy atom. The van der Waals surface area contributed by atoms with Crippen LogP contribution in [-0.4, -0.2) is 91.5 Å². The average Bonchev–Trinajstić information content (AvgIpc) is 3.64. The Morgan fingerprint density at radius 2 is 1.51 bits per heavy atom. The Kier molecular flexibility index (Phi) is 16.1. The maximum Gasteiger partial charge on any atom is 0.294 e. The number of rotatable bonds is 20. The molecule has 2 amide bonds. The van der Waals surface area contributed by atoms with Gasteiger partial charge in [0.05, 0.1) is 15.2 Å². The van der Waals surface area contributed by atoms with Gasteiger partial charge in [-0.1, -0.05) is 43.6 Å². The highest BCUT2D eigenvalue weighted by Crippen LogP contribution is 2.49. The van der Waals surface area contributed by atoms with Gasteiger partial charge in [0.1, 0.15) is 11.5 Å². The van der Waals surface area contributed by atoms with E-state index < -0.39 is 36.7 Å². The topological polar surface area (TPSA) is 251 Å². The van der Waals surface area contributed by atoms with Crippen molar-refractivity contribution in [2.75, 3.05) is 37.6 Å². The number of aromatic hydroxyl groups is 1. The molecule has 1 unspecified atom stereocenters. The van der Waals surface area contributed by atoms with Crippen LogP contribution in [0.1, 0.15) is 113 Å². The summed E-state index contributed by atoms with van der Waals surface area (Å²) in [6.45, 7) is 17.4. The van der Waals surface area contributed by atoms with E-state index in [0.29, 0.717) is 82.6 Å². The number of carbonyl (C=O) groups excluding carboxylic acids is 2. The Morgan fingerprint density at radius 1 is 0.843 bits per heavy atom. The maximum absolute atomic E-state index is 13.7. The first kappa shape index (κ1) is 53.4. The van der Waals surface area contributed by atoms with E-state index in [9.17, 15) is 40.6 Å². The van der Waals surface area contributed by atoms with Crippen LogP contribution in [0.5, 0.6) is 11.5 Å². The molecular weight excluding hydrogens is 935 g/mol. The zero-order valence-corrected chi connectivity index (χ0v) is 42.9. The third-order valence-corrected chi connectivity index (χ3v) is 15.7. The lowest BCUT2D eigenvalue weighted by molar-refractivity contribution is -0.437. The zero-order chi connectivity index (χ0) is 51.4. The fraction of sp³-hybridized carbons (Fsp3) is 0.471. The molecule has 0 aromatic heterocycles. The minimum Gasteiger partial charge on any atom is -0.507 e. The van der Waals surface area contributed by atoms with Gasteiger partial charge in [-0.25, -0.2) is 0 Å². The van der Waals surface area contributed by atoms with Crippen LogP contribution in [0.4, 0.5) is 11.4 Å². The molecule has 70 heavy (non-hydrogen) atoms. The van der Waals surface area contributed by atoms with Gasteiger partial charge in [0, 0.05) is 90.4 Å². The second-order valence-corrected chi connectivity index (χ2v) is 22.3. The van der Waals surface area contributed by atoms with Gasteiger partial charge in [-0.15, -0.1) is 0 Å². The molecule has 0 fully saturated rings. The number of fused-ring (bicyclic) bond motifs is 3. The summed E-state index contributed by atoms with van der Waals surface area (Å²) >= 11 is 0. The monoisotopic (exact) mass is 1000 g/mol. The molecule has 3 aliphatic rings. The molecule has 6 rings (SSSR count). The predicted octanol–water partition coefficient (Wildman–Crippen LogP) is 8.65. The summed E-state index contributed by atoms with van der Waals surface area (Å²) < 4.78 is 77.3. The summed E-state index contributed by atoms with van der Waals surface area (Å²) in [5, 5.41) is 20.0. The van der Waals surface area contributed by atoms with E-state index in [1.54, 1.807) is 19.1 Å². The highest BCUT2D eigenvalue weighted by atomic mass is 32.2. The van der Waals surface area contributed by atoms with Gasteiger partial charge in [-0.3, -0.25) is 18.7 Å². The molecular formula is C51H66N7O10S2+. The number of unbranched alkanes of at least 4 members (excludes halogenated alkanes) is 2. The van der Waals surface area contributed by atoms with E-state index in [1.807, 2.05) is 78.8 Å². The third-order valence-electron chi connectivity index (χ3n) is 14.0. The Bertz CT molecular complexity index is 2970. The van der Waals surface area contributed by atoms with Crippen molar-refractivity contribution in [2.45, 2.75) is 133 Å². The second kappa shape index (κ2) is 21.2. The molecule has 0 aliphatic carbocycles. The largest absolute Gasteiger partial charge is 0.507 e. The van der Waals surface area contributed by atoms with Crippen LogP contribution in [0.25, 0.3) is 10.4 Å². The smallest absolute Gasteiger partial charge is 0.294 e. The van der Waals surface area contributed by atoms with Crippen LogP contribution in [-0.2, 0) is 47.1 Å². The first-order valence-corrected chi connectivity index (χ1v) is 26.5. The van der Waals surface area contributed by atoms with Crippen LogP contribution < -0.4 is 20.3 Å². The zero-order valence-electron chi connectivity index (χ0n) is 41.3. The van der Waals surface area contributed by atoms with Crippen molar-refractivity contribution < 1.29 is 49.9 Å². The van der Waals surface area contributed by atoms with E-state index in [4.69, 9.17) is 10.3 Å². The first-order chi connectivity index (χ1) is 32.8. The first-order valence-electron chi connectivity index (χ1n) is 23.6. The number of hydrogen-bond acceptors (Lipinski definition) is 10. The van der Waals surface area contributed by atoms with E-state index in [1.165, 1.54) is 24.3 Å². The molecule has 3 aromatic rings. The molecule has 3 aliphatic heterocycles. The standard InChI is InChI=1S/C51H65N7O10S2/c1-33-34(2)47-38(35(3)46(33)60)24-25-51(8,68-47)48(61)54-27-16-30-58-42-23-21-37(70(65,66)67)32-40(42)50(6,7)44(58)18-12-9-11-17-43-49(4,5)39-31-36(69(62,63)64)20-22-41(39)57(43)29-14-10-13-19-45(59)53-26-15-28-55-56-52/h9,11-12,17-18,20-23,31-32H,10,13-16,19,24-30H2,1-8H3,(H4-,53,54,59,60,61,62,63,64,65,66,67)/p+1. The minimum absolute atomic E-state index is 0.0706. The second-order valence-electron chi connectivity index (χ2n) is 19.5. The lowest BCUT2D eigenvalue weighted by atomic mass is 9.81. The lowest BCUT2D eigenvalue weighted by Crippen LogP contribution is -2.51. The molecule has 0 bridgehead atoms. The summed E-state index contributed by atoms with van der Waals surface area (Å²) in [5.41, 5.74) is 13.9. The van der Waals surface area contributed by atoms with Gasteiger partial charge < -0.3 is 25.4 Å². The number of hydrogen-bond donors (Lipinski definition) is 5. The summed E-state index contributed by atoms with van der Waals surface area (Å²) in [6, 6.07) is 9.17. The number of phenols is 1. The number of benzene rings is 3. The van der Waals surface area contributed by atoms with Crippen molar-refractivity contribution in [2.24, 2.45) is 5.11 Å². The summed E-state index contributed by atoms with van der Waals surface area (Å²) in [4.78, 5) is 30.5. The molecule has 0 saturated heterocycles. The van der Waals surface area contributed by atoms with Crippen molar-refractivity contribution in [1.82, 2.24) is 10.6 Å². The van der Waals surface area contributed by atoms with Gasteiger partial charge >= 0.3 is 0 Å². The van der Waals surface area contributed by atoms with Crippen LogP contribution in [0, 0.1) is 20.8 Å². The molecule has 5 N–H and O–H groups in total. The molecule has 3 aromatic carbocycles. The lowest BCUT2D eigenvalue weighted by Gasteiger charge is -2.36. The van der Waals surface area contributed by atoms with E-state index >= 15 is 0 Å². The van der Waals surface area contributed by atoms with Crippen molar-refractivity contribution in [3.8, 4) is 11.5 Å². The normalized spacial score (nSPS) is 18.7.